The number of aryl methyl sites for hydroxylation is 1. The fraction of sp³-hybridized carbons (Fsp3) is 0.350. The first kappa shape index (κ1) is 21.4. The van der Waals surface area contributed by atoms with Crippen molar-refractivity contribution in [1.29, 1.82) is 0 Å². The Hall–Kier alpha value is -1.89. The van der Waals surface area contributed by atoms with Gasteiger partial charge in [-0.2, -0.15) is 0 Å². The van der Waals surface area contributed by atoms with Crippen LogP contribution in [0.1, 0.15) is 37.5 Å². The van der Waals surface area contributed by atoms with Gasteiger partial charge in [0.2, 0.25) is 0 Å². The molecule has 27 heavy (non-hydrogen) atoms. The summed E-state index contributed by atoms with van der Waals surface area (Å²) in [4.78, 5) is 12.1. The van der Waals surface area contributed by atoms with Crippen LogP contribution < -0.4 is 4.72 Å². The SMILES string of the molecule is Cc1ccc(C(C)(C)C)cc1S(=O)(=O)NC(=O)COCc1ccccc1Cl. The summed E-state index contributed by atoms with van der Waals surface area (Å²) >= 11 is 6.02. The van der Waals surface area contributed by atoms with E-state index in [1.165, 1.54) is 0 Å². The molecular weight excluding hydrogens is 386 g/mol. The highest BCUT2D eigenvalue weighted by molar-refractivity contribution is 7.90. The van der Waals surface area contributed by atoms with Gasteiger partial charge in [0.05, 0.1) is 11.5 Å². The highest BCUT2D eigenvalue weighted by Crippen LogP contribution is 2.26. The average molecular weight is 410 g/mol. The zero-order valence-corrected chi connectivity index (χ0v) is 17.4. The van der Waals surface area contributed by atoms with Crippen LogP contribution >= 0.6 is 11.6 Å². The second-order valence-corrected chi connectivity index (χ2v) is 9.40. The number of rotatable bonds is 6. The Kier molecular flexibility index (Phi) is 6.68. The number of hydrogen-bond acceptors (Lipinski definition) is 4. The molecule has 146 valence electrons. The summed E-state index contributed by atoms with van der Waals surface area (Å²) < 4.78 is 32.6. The maximum absolute atomic E-state index is 12.6. The van der Waals surface area contributed by atoms with Crippen molar-refractivity contribution in [3.05, 3.63) is 64.2 Å². The standard InChI is InChI=1S/C20H24ClNO4S/c1-14-9-10-16(20(2,3)4)11-18(14)27(24,25)22-19(23)13-26-12-15-7-5-6-8-17(15)21/h5-11H,12-13H2,1-4H3,(H,22,23). The monoisotopic (exact) mass is 409 g/mol. The zero-order valence-electron chi connectivity index (χ0n) is 15.9. The second kappa shape index (κ2) is 8.42. The molecule has 0 radical (unpaired) electrons. The van der Waals surface area contributed by atoms with Gasteiger partial charge in [0.15, 0.2) is 0 Å². The van der Waals surface area contributed by atoms with E-state index in [1.54, 1.807) is 43.3 Å². The van der Waals surface area contributed by atoms with E-state index >= 15 is 0 Å². The van der Waals surface area contributed by atoms with E-state index in [4.69, 9.17) is 16.3 Å². The van der Waals surface area contributed by atoms with Gasteiger partial charge in [-0.3, -0.25) is 4.79 Å². The molecule has 0 aliphatic carbocycles. The quantitative estimate of drug-likeness (QED) is 0.783. The number of halogens is 1. The molecule has 0 spiro atoms. The van der Waals surface area contributed by atoms with Gasteiger partial charge >= 0.3 is 0 Å². The Morgan fingerprint density at radius 1 is 1.15 bits per heavy atom. The van der Waals surface area contributed by atoms with Crippen LogP contribution in [-0.2, 0) is 31.6 Å². The van der Waals surface area contributed by atoms with Crippen molar-refractivity contribution in [3.8, 4) is 0 Å². The van der Waals surface area contributed by atoms with Crippen LogP contribution in [-0.4, -0.2) is 20.9 Å². The number of hydrogen-bond donors (Lipinski definition) is 1. The maximum atomic E-state index is 12.6. The molecule has 0 saturated heterocycles. The lowest BCUT2D eigenvalue weighted by molar-refractivity contribution is -0.124. The molecule has 0 aromatic heterocycles. The van der Waals surface area contributed by atoms with Crippen molar-refractivity contribution in [2.45, 2.75) is 44.6 Å². The lowest BCUT2D eigenvalue weighted by Gasteiger charge is -2.20. The third-order valence-corrected chi connectivity index (χ3v) is 5.92. The molecule has 0 saturated carbocycles. The largest absolute Gasteiger partial charge is 0.367 e. The molecule has 0 unspecified atom stereocenters. The molecule has 1 N–H and O–H groups in total. The molecule has 0 heterocycles. The van der Waals surface area contributed by atoms with E-state index in [2.05, 4.69) is 4.72 Å². The number of carbonyl (C=O) groups excluding carboxylic acids is 1. The van der Waals surface area contributed by atoms with Gasteiger partial charge in [-0.25, -0.2) is 13.1 Å². The number of ether oxygens (including phenoxy) is 1. The Bertz CT molecular complexity index is 933. The van der Waals surface area contributed by atoms with Crippen molar-refractivity contribution in [1.82, 2.24) is 4.72 Å². The molecule has 0 atom stereocenters. The summed E-state index contributed by atoms with van der Waals surface area (Å²) in [5.74, 6) is -0.734. The van der Waals surface area contributed by atoms with Crippen molar-refractivity contribution in [3.63, 3.8) is 0 Å². The third-order valence-electron chi connectivity index (χ3n) is 4.04. The van der Waals surface area contributed by atoms with E-state index in [0.29, 0.717) is 10.6 Å². The van der Waals surface area contributed by atoms with Crippen LogP contribution in [0.15, 0.2) is 47.4 Å². The maximum Gasteiger partial charge on any atom is 0.264 e. The fourth-order valence-corrected chi connectivity index (χ4v) is 3.89. The average Bonchev–Trinajstić information content (AvgIpc) is 2.55. The van der Waals surface area contributed by atoms with Crippen LogP contribution in [0.3, 0.4) is 0 Å². The molecule has 2 aromatic carbocycles. The zero-order chi connectivity index (χ0) is 20.2. The lowest BCUT2D eigenvalue weighted by atomic mass is 9.87. The van der Waals surface area contributed by atoms with E-state index in [0.717, 1.165) is 11.1 Å². The van der Waals surface area contributed by atoms with Crippen LogP contribution in [0.25, 0.3) is 0 Å². The number of amides is 1. The van der Waals surface area contributed by atoms with Crippen molar-refractivity contribution >= 4 is 27.5 Å². The topological polar surface area (TPSA) is 72.5 Å². The lowest BCUT2D eigenvalue weighted by Crippen LogP contribution is -2.34. The summed E-state index contributed by atoms with van der Waals surface area (Å²) in [6.07, 6.45) is 0. The molecular formula is C20H24ClNO4S. The number of benzene rings is 2. The van der Waals surface area contributed by atoms with Gasteiger partial charge in [0.25, 0.3) is 15.9 Å². The molecule has 0 aliphatic heterocycles. The minimum absolute atomic E-state index is 0.0920. The van der Waals surface area contributed by atoms with Gasteiger partial charge in [-0.15, -0.1) is 0 Å². The van der Waals surface area contributed by atoms with Crippen LogP contribution in [0.5, 0.6) is 0 Å². The Labute approximate surface area is 165 Å². The summed E-state index contributed by atoms with van der Waals surface area (Å²) in [7, 11) is -3.98. The van der Waals surface area contributed by atoms with Gasteiger partial charge in [0.1, 0.15) is 6.61 Å². The van der Waals surface area contributed by atoms with Crippen molar-refractivity contribution in [2.75, 3.05) is 6.61 Å². The Morgan fingerprint density at radius 3 is 2.44 bits per heavy atom. The number of carbonyl (C=O) groups is 1. The minimum Gasteiger partial charge on any atom is -0.367 e. The first-order valence-electron chi connectivity index (χ1n) is 8.48. The van der Waals surface area contributed by atoms with Gasteiger partial charge in [-0.1, -0.05) is 62.7 Å². The Morgan fingerprint density at radius 2 is 1.81 bits per heavy atom. The van der Waals surface area contributed by atoms with E-state index in [9.17, 15) is 13.2 Å². The molecule has 2 rings (SSSR count). The van der Waals surface area contributed by atoms with Gasteiger partial charge < -0.3 is 4.74 Å². The molecule has 0 aliphatic rings. The summed E-state index contributed by atoms with van der Waals surface area (Å²) in [6, 6.07) is 12.3. The van der Waals surface area contributed by atoms with E-state index in [-0.39, 0.29) is 23.5 Å². The van der Waals surface area contributed by atoms with E-state index in [1.807, 2.05) is 26.8 Å². The van der Waals surface area contributed by atoms with Crippen molar-refractivity contribution in [2.24, 2.45) is 0 Å². The molecule has 0 bridgehead atoms. The predicted octanol–water partition coefficient (Wildman–Crippen LogP) is 3.97. The summed E-state index contributed by atoms with van der Waals surface area (Å²) in [5, 5.41) is 0.528. The smallest absolute Gasteiger partial charge is 0.264 e. The minimum atomic E-state index is -3.98. The normalized spacial score (nSPS) is 12.0. The number of sulfonamides is 1. The molecule has 1 amide bonds. The van der Waals surface area contributed by atoms with Gasteiger partial charge in [-0.05, 0) is 41.2 Å². The molecule has 2 aromatic rings. The molecule has 7 heteroatoms. The first-order valence-corrected chi connectivity index (χ1v) is 10.3. The summed E-state index contributed by atoms with van der Waals surface area (Å²) in [5.41, 5.74) is 1.96. The number of nitrogens with one attached hydrogen (secondary N) is 1. The second-order valence-electron chi connectivity index (χ2n) is 7.34. The third kappa shape index (κ3) is 5.79. The highest BCUT2D eigenvalue weighted by Gasteiger charge is 2.23. The van der Waals surface area contributed by atoms with Crippen LogP contribution in [0.4, 0.5) is 0 Å². The van der Waals surface area contributed by atoms with E-state index < -0.39 is 15.9 Å². The van der Waals surface area contributed by atoms with Crippen LogP contribution in [0.2, 0.25) is 5.02 Å². The van der Waals surface area contributed by atoms with Gasteiger partial charge in [0, 0.05) is 5.02 Å². The molecule has 0 fully saturated rings. The predicted molar refractivity (Wildman–Crippen MR) is 106 cm³/mol. The van der Waals surface area contributed by atoms with Crippen molar-refractivity contribution < 1.29 is 17.9 Å². The highest BCUT2D eigenvalue weighted by atomic mass is 35.5. The summed E-state index contributed by atoms with van der Waals surface area (Å²) in [6.45, 7) is 7.41. The fourth-order valence-electron chi connectivity index (χ4n) is 2.46. The molecule has 5 nitrogen and oxygen atoms in total. The van der Waals surface area contributed by atoms with Crippen LogP contribution in [0, 0.1) is 6.92 Å². The Balaban J connectivity index is 2.05. The first-order chi connectivity index (χ1) is 12.5.